The molecule has 1 aliphatic heterocycles. The van der Waals surface area contributed by atoms with E-state index in [1.54, 1.807) is 12.1 Å². The molecule has 7 nitrogen and oxygen atoms in total. The normalized spacial score (nSPS) is 21.9. The third-order valence-electron chi connectivity index (χ3n) is 9.05. The SMILES string of the molecule is Cc1ccccc1NC(=O)N1CCN(CCN(CC2=CCC3CC2C3(C)C)C(=O)Nc2cccc(Cl)c2)CC1. The van der Waals surface area contributed by atoms with E-state index in [0.29, 0.717) is 48.2 Å². The van der Waals surface area contributed by atoms with Crippen LogP contribution < -0.4 is 10.6 Å². The van der Waals surface area contributed by atoms with Crippen LogP contribution in [0.2, 0.25) is 5.02 Å². The Bertz CT molecular complexity index is 1240. The van der Waals surface area contributed by atoms with E-state index in [2.05, 4.69) is 35.5 Å². The molecule has 0 aromatic heterocycles. The maximum atomic E-state index is 13.5. The predicted octanol–water partition coefficient (Wildman–Crippen LogP) is 6.32. The van der Waals surface area contributed by atoms with Gasteiger partial charge in [-0.15, -0.1) is 0 Å². The van der Waals surface area contributed by atoms with E-state index < -0.39 is 0 Å². The molecule has 2 aromatic carbocycles. The third-order valence-corrected chi connectivity index (χ3v) is 9.29. The minimum atomic E-state index is -0.103. The lowest BCUT2D eigenvalue weighted by molar-refractivity contribution is -0.00969. The molecular formula is C31H40ClN5O2. The fraction of sp³-hybridized carbons (Fsp3) is 0.484. The molecule has 4 amide bonds. The van der Waals surface area contributed by atoms with Gasteiger partial charge in [-0.25, -0.2) is 9.59 Å². The first-order valence-corrected chi connectivity index (χ1v) is 14.4. The minimum Gasteiger partial charge on any atom is -0.322 e. The second-order valence-electron chi connectivity index (χ2n) is 11.8. The lowest BCUT2D eigenvalue weighted by Gasteiger charge is -2.57. The molecule has 208 valence electrons. The molecule has 2 unspecified atom stereocenters. The van der Waals surface area contributed by atoms with Gasteiger partial charge in [-0.05, 0) is 66.8 Å². The molecule has 2 bridgehead atoms. The average molecular weight is 550 g/mol. The zero-order chi connectivity index (χ0) is 27.6. The number of benzene rings is 2. The number of para-hydroxylation sites is 1. The van der Waals surface area contributed by atoms with Crippen LogP contribution in [-0.4, -0.2) is 72.6 Å². The number of piperazine rings is 1. The van der Waals surface area contributed by atoms with Crippen LogP contribution in [0.1, 0.15) is 32.3 Å². The van der Waals surface area contributed by atoms with Crippen molar-refractivity contribution in [3.8, 4) is 0 Å². The van der Waals surface area contributed by atoms with E-state index in [4.69, 9.17) is 11.6 Å². The predicted molar refractivity (Wildman–Crippen MR) is 158 cm³/mol. The van der Waals surface area contributed by atoms with E-state index in [1.807, 2.05) is 53.1 Å². The van der Waals surface area contributed by atoms with Crippen molar-refractivity contribution in [2.24, 2.45) is 17.3 Å². The number of nitrogens with one attached hydrogen (secondary N) is 2. The minimum absolute atomic E-state index is 0.0582. The molecule has 2 N–H and O–H groups in total. The van der Waals surface area contributed by atoms with Gasteiger partial charge in [0.25, 0.3) is 0 Å². The molecule has 2 atom stereocenters. The fourth-order valence-electron chi connectivity index (χ4n) is 6.24. The topological polar surface area (TPSA) is 67.9 Å². The summed E-state index contributed by atoms with van der Waals surface area (Å²) in [6.45, 7) is 11.6. The van der Waals surface area contributed by atoms with Crippen LogP contribution in [0, 0.1) is 24.2 Å². The van der Waals surface area contributed by atoms with Gasteiger partial charge in [-0.1, -0.05) is 61.4 Å². The lowest BCUT2D eigenvalue weighted by Crippen LogP contribution is -2.53. The number of hydrogen-bond acceptors (Lipinski definition) is 3. The van der Waals surface area contributed by atoms with Crippen LogP contribution in [0.3, 0.4) is 0 Å². The highest BCUT2D eigenvalue weighted by Gasteiger charge is 2.51. The van der Waals surface area contributed by atoms with Crippen molar-refractivity contribution in [3.63, 3.8) is 0 Å². The van der Waals surface area contributed by atoms with Gasteiger partial charge < -0.3 is 20.4 Å². The molecule has 3 aliphatic carbocycles. The van der Waals surface area contributed by atoms with Crippen LogP contribution in [-0.2, 0) is 0 Å². The van der Waals surface area contributed by atoms with Crippen molar-refractivity contribution in [2.75, 3.05) is 56.4 Å². The maximum Gasteiger partial charge on any atom is 0.322 e. The van der Waals surface area contributed by atoms with Crippen molar-refractivity contribution in [1.29, 1.82) is 0 Å². The largest absolute Gasteiger partial charge is 0.322 e. The summed E-state index contributed by atoms with van der Waals surface area (Å²) in [7, 11) is 0. The number of carbonyl (C=O) groups excluding carboxylic acids is 2. The zero-order valence-electron chi connectivity index (χ0n) is 23.3. The summed E-state index contributed by atoms with van der Waals surface area (Å²) >= 11 is 6.16. The Hall–Kier alpha value is -3.03. The van der Waals surface area contributed by atoms with Gasteiger partial charge in [0.15, 0.2) is 0 Å². The molecule has 0 spiro atoms. The van der Waals surface area contributed by atoms with Gasteiger partial charge >= 0.3 is 12.1 Å². The summed E-state index contributed by atoms with van der Waals surface area (Å²) in [4.78, 5) is 32.4. The number of nitrogens with zero attached hydrogens (tertiary/aromatic N) is 3. The summed E-state index contributed by atoms with van der Waals surface area (Å²) in [5.41, 5.74) is 4.31. The highest BCUT2D eigenvalue weighted by molar-refractivity contribution is 6.30. The molecule has 6 rings (SSSR count). The van der Waals surface area contributed by atoms with Crippen molar-refractivity contribution in [1.82, 2.24) is 14.7 Å². The van der Waals surface area contributed by atoms with E-state index in [9.17, 15) is 9.59 Å². The number of hydrogen-bond donors (Lipinski definition) is 2. The van der Waals surface area contributed by atoms with Crippen LogP contribution in [0.15, 0.2) is 60.2 Å². The smallest absolute Gasteiger partial charge is 0.322 e. The second-order valence-corrected chi connectivity index (χ2v) is 12.2. The van der Waals surface area contributed by atoms with Gasteiger partial charge in [-0.3, -0.25) is 4.90 Å². The summed E-state index contributed by atoms with van der Waals surface area (Å²) in [5, 5.41) is 6.69. The van der Waals surface area contributed by atoms with Gasteiger partial charge in [0.1, 0.15) is 0 Å². The summed E-state index contributed by atoms with van der Waals surface area (Å²) in [6.07, 6.45) is 4.71. The number of halogens is 1. The van der Waals surface area contributed by atoms with E-state index >= 15 is 0 Å². The van der Waals surface area contributed by atoms with Crippen LogP contribution in [0.25, 0.3) is 0 Å². The highest BCUT2D eigenvalue weighted by Crippen LogP contribution is 2.59. The van der Waals surface area contributed by atoms with E-state index in [-0.39, 0.29) is 12.1 Å². The number of rotatable bonds is 7. The standard InChI is InChI=1S/C31H40ClN5O2/c1-22-7-4-5-10-28(22)34-30(39)36-16-13-35(14-17-36)15-18-37(29(38)33-26-9-6-8-25(32)20-26)21-23-11-12-24-19-27(23)31(24,2)3/h4-11,20,24,27H,12-19,21H2,1-3H3,(H,33,38)(H,34,39). The number of allylic oxidation sites excluding steroid dienone is 1. The van der Waals surface area contributed by atoms with Crippen molar-refractivity contribution in [3.05, 3.63) is 70.8 Å². The Balaban J connectivity index is 1.18. The molecule has 4 aliphatic rings. The molecule has 0 radical (unpaired) electrons. The number of aryl methyl sites for hydroxylation is 1. The monoisotopic (exact) mass is 549 g/mol. The second kappa shape index (κ2) is 11.6. The third kappa shape index (κ3) is 6.25. The molecule has 2 fully saturated rings. The number of fused-ring (bicyclic) bond motifs is 1. The fourth-order valence-corrected chi connectivity index (χ4v) is 6.43. The summed E-state index contributed by atoms with van der Waals surface area (Å²) < 4.78 is 0. The zero-order valence-corrected chi connectivity index (χ0v) is 24.0. The van der Waals surface area contributed by atoms with Crippen LogP contribution >= 0.6 is 11.6 Å². The van der Waals surface area contributed by atoms with Crippen LogP contribution in [0.5, 0.6) is 0 Å². The Kier molecular flexibility index (Phi) is 8.19. The number of carbonyl (C=O) groups is 2. The number of amides is 4. The molecule has 8 heteroatoms. The summed E-state index contributed by atoms with van der Waals surface area (Å²) in [5.74, 6) is 1.31. The number of anilines is 2. The van der Waals surface area contributed by atoms with E-state index in [1.165, 1.54) is 12.0 Å². The first kappa shape index (κ1) is 27.5. The van der Waals surface area contributed by atoms with Gasteiger partial charge in [0.05, 0.1) is 0 Å². The molecule has 2 aromatic rings. The Morgan fingerprint density at radius 3 is 2.51 bits per heavy atom. The van der Waals surface area contributed by atoms with Gasteiger partial charge in [-0.2, -0.15) is 0 Å². The molecule has 1 saturated carbocycles. The number of urea groups is 2. The van der Waals surface area contributed by atoms with E-state index in [0.717, 1.165) is 43.2 Å². The van der Waals surface area contributed by atoms with Gasteiger partial charge in [0, 0.05) is 62.2 Å². The highest BCUT2D eigenvalue weighted by atomic mass is 35.5. The first-order valence-electron chi connectivity index (χ1n) is 14.0. The molecule has 1 saturated heterocycles. The van der Waals surface area contributed by atoms with Crippen molar-refractivity contribution < 1.29 is 9.59 Å². The van der Waals surface area contributed by atoms with Gasteiger partial charge in [0.2, 0.25) is 0 Å². The first-order chi connectivity index (χ1) is 18.7. The Labute approximate surface area is 237 Å². The quantitative estimate of drug-likeness (QED) is 0.397. The summed E-state index contributed by atoms with van der Waals surface area (Å²) in [6, 6.07) is 15.0. The Morgan fingerprint density at radius 2 is 1.82 bits per heavy atom. The lowest BCUT2D eigenvalue weighted by atomic mass is 9.49. The van der Waals surface area contributed by atoms with Crippen molar-refractivity contribution >= 4 is 35.0 Å². The van der Waals surface area contributed by atoms with Crippen molar-refractivity contribution in [2.45, 2.75) is 33.6 Å². The average Bonchev–Trinajstić information content (AvgIpc) is 2.92. The molecular weight excluding hydrogens is 510 g/mol. The maximum absolute atomic E-state index is 13.5. The van der Waals surface area contributed by atoms with Crippen LogP contribution in [0.4, 0.5) is 21.0 Å². The molecule has 39 heavy (non-hydrogen) atoms. The Morgan fingerprint density at radius 1 is 1.05 bits per heavy atom. The molecule has 1 heterocycles.